The molecule has 1 amide bonds. The predicted molar refractivity (Wildman–Crippen MR) is 135 cm³/mol. The number of carbonyl (C=O) groups is 1. The van der Waals surface area contributed by atoms with Gasteiger partial charge in [-0.25, -0.2) is 23.1 Å². The van der Waals surface area contributed by atoms with E-state index in [0.29, 0.717) is 17.1 Å². The second-order valence-electron chi connectivity index (χ2n) is 7.15. The van der Waals surface area contributed by atoms with Crippen LogP contribution in [0, 0.1) is 13.8 Å². The maximum Gasteiger partial charge on any atom is 0.264 e. The van der Waals surface area contributed by atoms with E-state index in [-0.39, 0.29) is 16.0 Å². The minimum atomic E-state index is -3.87. The smallest absolute Gasteiger partial charge is 0.264 e. The Labute approximate surface area is 203 Å². The number of aromatic nitrogens is 2. The summed E-state index contributed by atoms with van der Waals surface area (Å²) in [6.45, 7) is 3.51. The zero-order chi connectivity index (χ0) is 24.7. The van der Waals surface area contributed by atoms with Crippen LogP contribution in [0.4, 0.5) is 11.6 Å². The Hall–Kier alpha value is -3.83. The number of methoxy groups -OCH3 is 1. The first kappa shape index (κ1) is 24.8. The Kier molecular flexibility index (Phi) is 7.92. The number of sulfonamides is 1. The number of anilines is 2. The summed E-state index contributed by atoms with van der Waals surface area (Å²) in [7, 11) is -2.29. The van der Waals surface area contributed by atoms with Gasteiger partial charge in [0, 0.05) is 23.2 Å². The van der Waals surface area contributed by atoms with Gasteiger partial charge in [0.05, 0.1) is 12.0 Å². The lowest BCUT2D eigenvalue weighted by Gasteiger charge is -2.10. The van der Waals surface area contributed by atoms with Crippen LogP contribution in [-0.2, 0) is 14.8 Å². The monoisotopic (exact) mass is 497 g/mol. The number of thiocarbonyl (C=S) groups is 1. The molecule has 0 aliphatic heterocycles. The molecule has 0 bridgehead atoms. The molecule has 1 heterocycles. The fraction of sp³-hybridized carbons (Fsp3) is 0.130. The molecule has 0 saturated heterocycles. The van der Waals surface area contributed by atoms with Crippen molar-refractivity contribution in [1.82, 2.24) is 15.3 Å². The fourth-order valence-electron chi connectivity index (χ4n) is 2.87. The van der Waals surface area contributed by atoms with Crippen molar-refractivity contribution >= 4 is 51.0 Å². The highest BCUT2D eigenvalue weighted by molar-refractivity contribution is 7.92. The summed E-state index contributed by atoms with van der Waals surface area (Å²) < 4.78 is 32.7. The molecule has 0 aliphatic carbocycles. The van der Waals surface area contributed by atoms with Gasteiger partial charge in [-0.1, -0.05) is 12.1 Å². The molecular formula is C23H23N5O4S2. The van der Waals surface area contributed by atoms with Gasteiger partial charge in [-0.05, 0) is 80.2 Å². The lowest BCUT2D eigenvalue weighted by molar-refractivity contribution is -0.115. The molecule has 1 aromatic heterocycles. The van der Waals surface area contributed by atoms with Gasteiger partial charge in [-0.15, -0.1) is 0 Å². The topological polar surface area (TPSA) is 122 Å². The number of hydrogen-bond acceptors (Lipinski definition) is 7. The first-order valence-electron chi connectivity index (χ1n) is 10.0. The molecule has 0 aliphatic rings. The minimum Gasteiger partial charge on any atom is -0.497 e. The third-order valence-electron chi connectivity index (χ3n) is 4.41. The zero-order valence-corrected chi connectivity index (χ0v) is 20.3. The molecule has 3 N–H and O–H groups in total. The van der Waals surface area contributed by atoms with E-state index in [0.717, 1.165) is 11.3 Å². The summed E-state index contributed by atoms with van der Waals surface area (Å²) in [4.78, 5) is 20.3. The molecule has 0 unspecified atom stereocenters. The van der Waals surface area contributed by atoms with Gasteiger partial charge in [0.1, 0.15) is 5.75 Å². The molecule has 0 fully saturated rings. The van der Waals surface area contributed by atoms with Gasteiger partial charge < -0.3 is 10.1 Å². The molecule has 2 aromatic carbocycles. The lowest BCUT2D eigenvalue weighted by atomic mass is 10.2. The Balaban J connectivity index is 1.57. The molecule has 0 radical (unpaired) electrons. The van der Waals surface area contributed by atoms with Crippen LogP contribution in [0.15, 0.2) is 65.6 Å². The van der Waals surface area contributed by atoms with E-state index in [9.17, 15) is 13.2 Å². The normalized spacial score (nSPS) is 11.1. The maximum atomic E-state index is 12.6. The van der Waals surface area contributed by atoms with Crippen molar-refractivity contribution in [2.24, 2.45) is 0 Å². The van der Waals surface area contributed by atoms with E-state index >= 15 is 0 Å². The van der Waals surface area contributed by atoms with Crippen molar-refractivity contribution < 1.29 is 17.9 Å². The number of aryl methyl sites for hydroxylation is 2. The molecule has 9 nitrogen and oxygen atoms in total. The molecule has 3 aromatic rings. The number of benzene rings is 2. The number of rotatable bonds is 7. The third kappa shape index (κ3) is 7.09. The van der Waals surface area contributed by atoms with E-state index in [2.05, 4.69) is 25.3 Å². The Morgan fingerprint density at radius 2 is 1.62 bits per heavy atom. The Morgan fingerprint density at radius 1 is 1.00 bits per heavy atom. The SMILES string of the molecule is COc1ccc(/C=C/C(=O)NC(=S)Nc2ccc(S(=O)(=O)Nc3nc(C)cc(C)n3)cc2)cc1. The first-order chi connectivity index (χ1) is 16.1. The lowest BCUT2D eigenvalue weighted by Crippen LogP contribution is -2.32. The third-order valence-corrected chi connectivity index (χ3v) is 5.96. The minimum absolute atomic E-state index is 0.00582. The Morgan fingerprint density at radius 3 is 2.21 bits per heavy atom. The fourth-order valence-corrected chi connectivity index (χ4v) is 4.03. The van der Waals surface area contributed by atoms with Crippen molar-refractivity contribution in [1.29, 1.82) is 0 Å². The standard InChI is InChI=1S/C23H23N5O4S2/c1-15-14-16(2)25-22(24-15)28-34(30,31)20-11-7-18(8-12-20)26-23(33)27-21(29)13-6-17-4-9-19(32-3)10-5-17/h4-14H,1-3H3,(H,24,25,28)(H2,26,27,29,33)/b13-6+. The van der Waals surface area contributed by atoms with Crippen LogP contribution in [0.1, 0.15) is 17.0 Å². The van der Waals surface area contributed by atoms with Gasteiger partial charge in [-0.2, -0.15) is 0 Å². The maximum absolute atomic E-state index is 12.6. The molecule has 11 heteroatoms. The van der Waals surface area contributed by atoms with Gasteiger partial charge in [0.15, 0.2) is 5.11 Å². The van der Waals surface area contributed by atoms with Crippen LogP contribution in [0.2, 0.25) is 0 Å². The van der Waals surface area contributed by atoms with Crippen LogP contribution in [0.25, 0.3) is 6.08 Å². The van der Waals surface area contributed by atoms with Crippen LogP contribution in [0.3, 0.4) is 0 Å². The average Bonchev–Trinajstić information content (AvgIpc) is 2.77. The molecule has 176 valence electrons. The number of carbonyl (C=O) groups excluding carboxylic acids is 1. The van der Waals surface area contributed by atoms with Gasteiger partial charge in [-0.3, -0.25) is 10.1 Å². The van der Waals surface area contributed by atoms with Crippen molar-refractivity contribution in [3.8, 4) is 5.75 Å². The number of amides is 1. The van der Waals surface area contributed by atoms with Crippen LogP contribution in [-0.4, -0.2) is 36.5 Å². The van der Waals surface area contributed by atoms with Crippen molar-refractivity contribution in [2.75, 3.05) is 17.1 Å². The molecular weight excluding hydrogens is 474 g/mol. The summed E-state index contributed by atoms with van der Waals surface area (Å²) in [5, 5.41) is 5.44. The van der Waals surface area contributed by atoms with E-state index in [1.165, 1.54) is 30.3 Å². The molecule has 0 atom stereocenters. The van der Waals surface area contributed by atoms with E-state index in [1.54, 1.807) is 45.2 Å². The molecule has 34 heavy (non-hydrogen) atoms. The number of hydrogen-bond donors (Lipinski definition) is 3. The second kappa shape index (κ2) is 10.9. The zero-order valence-electron chi connectivity index (χ0n) is 18.7. The van der Waals surface area contributed by atoms with Crippen LogP contribution >= 0.6 is 12.2 Å². The highest BCUT2D eigenvalue weighted by Gasteiger charge is 2.16. The quantitative estimate of drug-likeness (QED) is 0.335. The van der Waals surface area contributed by atoms with Crippen LogP contribution < -0.4 is 20.1 Å². The summed E-state index contributed by atoms with van der Waals surface area (Å²) in [6, 6.07) is 14.8. The predicted octanol–water partition coefficient (Wildman–Crippen LogP) is 3.43. The van der Waals surface area contributed by atoms with Crippen molar-refractivity contribution in [3.05, 3.63) is 77.6 Å². The van der Waals surface area contributed by atoms with Gasteiger partial charge in [0.25, 0.3) is 10.0 Å². The van der Waals surface area contributed by atoms with Gasteiger partial charge in [0.2, 0.25) is 11.9 Å². The number of ether oxygens (including phenoxy) is 1. The first-order valence-corrected chi connectivity index (χ1v) is 11.9. The van der Waals surface area contributed by atoms with Crippen molar-refractivity contribution in [2.45, 2.75) is 18.7 Å². The summed E-state index contributed by atoms with van der Waals surface area (Å²) in [5.41, 5.74) is 2.63. The highest BCUT2D eigenvalue weighted by atomic mass is 32.2. The Bertz CT molecular complexity index is 1300. The summed E-state index contributed by atoms with van der Waals surface area (Å²) in [5.74, 6) is 0.316. The number of nitrogens with one attached hydrogen (secondary N) is 3. The van der Waals surface area contributed by atoms with Crippen LogP contribution in [0.5, 0.6) is 5.75 Å². The van der Waals surface area contributed by atoms with E-state index in [4.69, 9.17) is 17.0 Å². The second-order valence-corrected chi connectivity index (χ2v) is 9.24. The van der Waals surface area contributed by atoms with Gasteiger partial charge >= 0.3 is 0 Å². The molecule has 3 rings (SSSR count). The van der Waals surface area contributed by atoms with E-state index < -0.39 is 15.9 Å². The van der Waals surface area contributed by atoms with E-state index in [1.807, 2.05) is 12.1 Å². The van der Waals surface area contributed by atoms with Crippen molar-refractivity contribution in [3.63, 3.8) is 0 Å². The molecule has 0 saturated carbocycles. The summed E-state index contributed by atoms with van der Waals surface area (Å²) >= 11 is 5.15. The average molecular weight is 498 g/mol. The molecule has 0 spiro atoms. The summed E-state index contributed by atoms with van der Waals surface area (Å²) in [6.07, 6.45) is 3.00. The highest BCUT2D eigenvalue weighted by Crippen LogP contribution is 2.17. The number of nitrogens with zero attached hydrogens (tertiary/aromatic N) is 2. The largest absolute Gasteiger partial charge is 0.497 e.